The summed E-state index contributed by atoms with van der Waals surface area (Å²) in [6, 6.07) is 11.3. The molecule has 27 heavy (non-hydrogen) atoms. The maximum Gasteiger partial charge on any atom is 0.360 e. The summed E-state index contributed by atoms with van der Waals surface area (Å²) in [6.07, 6.45) is 1.68. The largest absolute Gasteiger partial charge is 0.488 e. The van der Waals surface area contributed by atoms with Crippen molar-refractivity contribution in [3.05, 3.63) is 68.4 Å². The van der Waals surface area contributed by atoms with E-state index in [9.17, 15) is 9.18 Å². The van der Waals surface area contributed by atoms with Crippen molar-refractivity contribution in [2.75, 3.05) is 14.2 Å². The maximum absolute atomic E-state index is 13.5. The molecule has 142 valence electrons. The van der Waals surface area contributed by atoms with Crippen LogP contribution in [-0.2, 0) is 21.0 Å². The lowest BCUT2D eigenvalue weighted by molar-refractivity contribution is -0.132. The average Bonchev–Trinajstić information content (AvgIpc) is 2.65. The van der Waals surface area contributed by atoms with Crippen LogP contribution in [0.4, 0.5) is 4.39 Å². The monoisotopic (exact) mass is 499 g/mol. The minimum Gasteiger partial charge on any atom is -0.488 e. The lowest BCUT2D eigenvalue weighted by Gasteiger charge is -2.13. The Hall–Kier alpha value is -2.19. The Morgan fingerprint density at radius 2 is 1.93 bits per heavy atom. The number of carbonyl (C=O) groups is 1. The Labute approximate surface area is 173 Å². The van der Waals surface area contributed by atoms with Crippen molar-refractivity contribution in [2.24, 2.45) is 5.16 Å². The molecular formula is C19H16Br2FNO4. The van der Waals surface area contributed by atoms with Gasteiger partial charge < -0.3 is 14.3 Å². The first-order chi connectivity index (χ1) is 13.0. The van der Waals surface area contributed by atoms with E-state index in [4.69, 9.17) is 14.3 Å². The fraction of sp³-hybridized carbons (Fsp3) is 0.158. The standard InChI is InChI=1S/C19H16Br2FNO4/c1-25-19(24)18(23-26-2)15-6-4-3-5-12(15)11-27-16-8-7-14(22)9-13(16)10-17(20)21/h3-10H,11H2,1-2H3/b23-18+. The highest BCUT2D eigenvalue weighted by Gasteiger charge is 2.19. The second-order valence-corrected chi connectivity index (χ2v) is 7.95. The highest BCUT2D eigenvalue weighted by molar-refractivity contribution is 9.28. The predicted molar refractivity (Wildman–Crippen MR) is 109 cm³/mol. The van der Waals surface area contributed by atoms with E-state index < -0.39 is 5.97 Å². The number of esters is 1. The van der Waals surface area contributed by atoms with Gasteiger partial charge in [-0.3, -0.25) is 0 Å². The van der Waals surface area contributed by atoms with Gasteiger partial charge in [-0.05, 0) is 61.7 Å². The van der Waals surface area contributed by atoms with Gasteiger partial charge in [-0.15, -0.1) is 0 Å². The number of nitrogens with zero attached hydrogens (tertiary/aromatic N) is 1. The number of halogens is 3. The van der Waals surface area contributed by atoms with Crippen LogP contribution in [0.5, 0.6) is 5.75 Å². The van der Waals surface area contributed by atoms with Gasteiger partial charge in [0.1, 0.15) is 25.3 Å². The quantitative estimate of drug-likeness (QED) is 0.304. The summed E-state index contributed by atoms with van der Waals surface area (Å²) in [6.45, 7) is 0.127. The topological polar surface area (TPSA) is 57.1 Å². The third kappa shape index (κ3) is 5.90. The maximum atomic E-state index is 13.5. The van der Waals surface area contributed by atoms with E-state index in [2.05, 4.69) is 37.0 Å². The van der Waals surface area contributed by atoms with Gasteiger partial charge >= 0.3 is 5.97 Å². The van der Waals surface area contributed by atoms with E-state index >= 15 is 0 Å². The van der Waals surface area contributed by atoms with Gasteiger partial charge in [-0.2, -0.15) is 0 Å². The van der Waals surface area contributed by atoms with Crippen molar-refractivity contribution in [2.45, 2.75) is 6.61 Å². The molecule has 0 radical (unpaired) electrons. The second-order valence-electron chi connectivity index (χ2n) is 5.18. The molecule has 0 aliphatic rings. The molecule has 0 saturated carbocycles. The summed E-state index contributed by atoms with van der Waals surface area (Å²) >= 11 is 6.51. The van der Waals surface area contributed by atoms with E-state index in [0.29, 0.717) is 25.8 Å². The summed E-state index contributed by atoms with van der Waals surface area (Å²) in [5.74, 6) is -0.528. The molecule has 2 rings (SSSR count). The van der Waals surface area contributed by atoms with Crippen LogP contribution in [-0.4, -0.2) is 25.9 Å². The summed E-state index contributed by atoms with van der Waals surface area (Å²) in [5.41, 5.74) is 1.79. The molecule has 0 aliphatic carbocycles. The van der Waals surface area contributed by atoms with Gasteiger partial charge in [0.2, 0.25) is 0 Å². The van der Waals surface area contributed by atoms with Crippen LogP contribution in [0.1, 0.15) is 16.7 Å². The molecule has 2 aromatic rings. The molecule has 2 aromatic carbocycles. The van der Waals surface area contributed by atoms with Crippen molar-refractivity contribution < 1.29 is 23.5 Å². The minimum absolute atomic E-state index is 0.0293. The molecule has 0 spiro atoms. The molecule has 0 unspecified atom stereocenters. The molecule has 0 aliphatic heterocycles. The molecule has 5 nitrogen and oxygen atoms in total. The third-order valence-electron chi connectivity index (χ3n) is 3.45. The van der Waals surface area contributed by atoms with Crippen LogP contribution in [0, 0.1) is 5.82 Å². The van der Waals surface area contributed by atoms with Crippen molar-refractivity contribution in [3.63, 3.8) is 0 Å². The summed E-state index contributed by atoms with van der Waals surface area (Å²) in [4.78, 5) is 16.8. The predicted octanol–water partition coefficient (Wildman–Crippen LogP) is 5.02. The highest BCUT2D eigenvalue weighted by atomic mass is 79.9. The fourth-order valence-corrected chi connectivity index (χ4v) is 2.79. The van der Waals surface area contributed by atoms with Crippen LogP contribution in [0.15, 0.2) is 51.0 Å². The number of ether oxygens (including phenoxy) is 2. The van der Waals surface area contributed by atoms with Crippen LogP contribution in [0.25, 0.3) is 6.08 Å². The molecule has 0 heterocycles. The first-order valence-corrected chi connectivity index (χ1v) is 9.27. The van der Waals surface area contributed by atoms with Gasteiger partial charge in [0.25, 0.3) is 0 Å². The Balaban J connectivity index is 2.34. The zero-order valence-electron chi connectivity index (χ0n) is 14.5. The van der Waals surface area contributed by atoms with Crippen molar-refractivity contribution in [1.29, 1.82) is 0 Å². The van der Waals surface area contributed by atoms with Crippen LogP contribution in [0.2, 0.25) is 0 Å². The van der Waals surface area contributed by atoms with Gasteiger partial charge in [0.15, 0.2) is 5.71 Å². The number of methoxy groups -OCH3 is 1. The number of hydrogen-bond acceptors (Lipinski definition) is 5. The number of oxime groups is 1. The molecule has 0 bridgehead atoms. The Bertz CT molecular complexity index is 880. The zero-order valence-corrected chi connectivity index (χ0v) is 17.7. The molecule has 0 atom stereocenters. The van der Waals surface area contributed by atoms with Gasteiger partial charge in [0.05, 0.1) is 10.5 Å². The number of rotatable bonds is 7. The number of benzene rings is 2. The van der Waals surface area contributed by atoms with Crippen LogP contribution >= 0.6 is 31.9 Å². The highest BCUT2D eigenvalue weighted by Crippen LogP contribution is 2.27. The van der Waals surface area contributed by atoms with Gasteiger partial charge in [-0.1, -0.05) is 29.4 Å². The molecular weight excluding hydrogens is 485 g/mol. The van der Waals surface area contributed by atoms with E-state index in [0.717, 1.165) is 0 Å². The number of hydrogen-bond donors (Lipinski definition) is 0. The summed E-state index contributed by atoms with van der Waals surface area (Å²) < 4.78 is 24.8. The van der Waals surface area contributed by atoms with E-state index in [1.54, 1.807) is 24.3 Å². The van der Waals surface area contributed by atoms with Crippen LogP contribution in [0.3, 0.4) is 0 Å². The average molecular weight is 501 g/mol. The smallest absolute Gasteiger partial charge is 0.360 e. The van der Waals surface area contributed by atoms with E-state index in [1.165, 1.54) is 32.4 Å². The molecule has 0 saturated heterocycles. The number of carbonyl (C=O) groups excluding carboxylic acids is 1. The zero-order chi connectivity index (χ0) is 19.8. The van der Waals surface area contributed by atoms with Crippen LogP contribution < -0.4 is 4.74 Å². The lowest BCUT2D eigenvalue weighted by Crippen LogP contribution is -2.19. The van der Waals surface area contributed by atoms with Crippen molar-refractivity contribution in [3.8, 4) is 5.75 Å². The van der Waals surface area contributed by atoms with Crippen molar-refractivity contribution >= 4 is 49.6 Å². The summed E-state index contributed by atoms with van der Waals surface area (Å²) in [7, 11) is 2.61. The van der Waals surface area contributed by atoms with E-state index in [-0.39, 0.29) is 18.1 Å². The Kier molecular flexibility index (Phi) is 7.99. The molecule has 0 aromatic heterocycles. The Morgan fingerprint density at radius 1 is 1.19 bits per heavy atom. The molecule has 0 N–H and O–H groups in total. The first kappa shape index (κ1) is 21.1. The minimum atomic E-state index is -0.627. The Morgan fingerprint density at radius 3 is 2.59 bits per heavy atom. The van der Waals surface area contributed by atoms with Gasteiger partial charge in [-0.25, -0.2) is 9.18 Å². The van der Waals surface area contributed by atoms with Gasteiger partial charge in [0, 0.05) is 11.1 Å². The first-order valence-electron chi connectivity index (χ1n) is 7.69. The molecule has 0 amide bonds. The third-order valence-corrected chi connectivity index (χ3v) is 3.91. The molecule has 8 heteroatoms. The lowest BCUT2D eigenvalue weighted by atomic mass is 10.0. The summed E-state index contributed by atoms with van der Waals surface area (Å²) in [5, 5.41) is 3.76. The normalized spacial score (nSPS) is 10.9. The van der Waals surface area contributed by atoms with E-state index in [1.807, 2.05) is 6.07 Å². The fourth-order valence-electron chi connectivity index (χ4n) is 2.30. The van der Waals surface area contributed by atoms with Crippen molar-refractivity contribution in [1.82, 2.24) is 0 Å². The second kappa shape index (κ2) is 10.2. The molecule has 0 fully saturated rings. The SMILES string of the molecule is CO/N=C(/C(=O)OC)c1ccccc1COc1ccc(F)cc1C=C(Br)Br.